The molecule has 158 valence electrons. The number of hydrogen-bond donors (Lipinski definition) is 3. The van der Waals surface area contributed by atoms with Crippen LogP contribution in [0.3, 0.4) is 0 Å². The van der Waals surface area contributed by atoms with Crippen molar-refractivity contribution in [2.45, 2.75) is 32.9 Å². The minimum absolute atomic E-state index is 0.0338. The van der Waals surface area contributed by atoms with E-state index in [1.165, 1.54) is 9.78 Å². The first kappa shape index (κ1) is 22.9. The van der Waals surface area contributed by atoms with Gasteiger partial charge in [0.25, 0.3) is 5.91 Å². The molecule has 0 saturated carbocycles. The molecule has 0 saturated heterocycles. The molecule has 3 N–H and O–H groups in total. The van der Waals surface area contributed by atoms with Crippen molar-refractivity contribution in [3.05, 3.63) is 52.2 Å². The van der Waals surface area contributed by atoms with Gasteiger partial charge in [0.15, 0.2) is 0 Å². The van der Waals surface area contributed by atoms with Crippen molar-refractivity contribution in [1.82, 2.24) is 10.6 Å². The number of nitrogens with one attached hydrogen (secondary N) is 3. The monoisotopic (exact) mass is 418 g/mol. The zero-order valence-corrected chi connectivity index (χ0v) is 18.6. The van der Waals surface area contributed by atoms with E-state index in [4.69, 9.17) is 4.74 Å². The molecule has 0 spiro atoms. The molecular formula is C22H32N3O3S+. The predicted molar refractivity (Wildman–Crippen MR) is 117 cm³/mol. The number of benzene rings is 1. The van der Waals surface area contributed by atoms with E-state index < -0.39 is 6.04 Å². The molecule has 0 aliphatic heterocycles. The van der Waals surface area contributed by atoms with Crippen LogP contribution in [0.15, 0.2) is 41.8 Å². The fourth-order valence-corrected chi connectivity index (χ4v) is 3.97. The first-order chi connectivity index (χ1) is 13.8. The maximum absolute atomic E-state index is 12.8. The lowest BCUT2D eigenvalue weighted by Crippen LogP contribution is -3.07. The fourth-order valence-electron chi connectivity index (χ4n) is 3.02. The van der Waals surface area contributed by atoms with E-state index in [1.807, 2.05) is 32.2 Å². The third-order valence-electron chi connectivity index (χ3n) is 4.73. The van der Waals surface area contributed by atoms with Gasteiger partial charge in [-0.05, 0) is 48.6 Å². The summed E-state index contributed by atoms with van der Waals surface area (Å²) in [5.41, 5.74) is 0.501. The van der Waals surface area contributed by atoms with E-state index in [2.05, 4.69) is 30.8 Å². The van der Waals surface area contributed by atoms with Gasteiger partial charge in [-0.25, -0.2) is 0 Å². The second-order valence-corrected chi connectivity index (χ2v) is 8.52. The molecule has 0 unspecified atom stereocenters. The summed E-state index contributed by atoms with van der Waals surface area (Å²) >= 11 is 1.69. The quantitative estimate of drug-likeness (QED) is 0.552. The van der Waals surface area contributed by atoms with Crippen molar-refractivity contribution in [2.24, 2.45) is 5.92 Å². The van der Waals surface area contributed by atoms with Crippen molar-refractivity contribution in [1.29, 1.82) is 0 Å². The average molecular weight is 419 g/mol. The van der Waals surface area contributed by atoms with Gasteiger partial charge in [-0.1, -0.05) is 19.9 Å². The molecule has 2 amide bonds. The number of ether oxygens (including phenoxy) is 1. The molecule has 1 heterocycles. The molecule has 2 rings (SSSR count). The topological polar surface area (TPSA) is 71.9 Å². The van der Waals surface area contributed by atoms with Gasteiger partial charge in [-0.15, -0.1) is 11.3 Å². The van der Waals surface area contributed by atoms with E-state index in [-0.39, 0.29) is 23.8 Å². The number of carbonyl (C=O) groups is 2. The third kappa shape index (κ3) is 6.58. The van der Waals surface area contributed by atoms with E-state index in [0.717, 1.165) is 0 Å². The summed E-state index contributed by atoms with van der Waals surface area (Å²) in [6, 6.07) is 10.6. The SMILES string of the molecule is CCOc1ccc(C(=O)N[C@@H](C(=O)NC[C@@H](c2cccs2)[NH+](C)C)C(C)C)cc1. The minimum atomic E-state index is -0.602. The largest absolute Gasteiger partial charge is 0.494 e. The standard InChI is InChI=1S/C22H31N3O3S/c1-6-28-17-11-9-16(10-12-17)21(26)24-20(15(2)3)22(27)23-14-18(25(4)5)19-8-7-13-29-19/h7-13,15,18,20H,6,14H2,1-5H3,(H,23,27)(H,24,26)/p+1/t18-,20+/m0/s1. The van der Waals surface area contributed by atoms with Gasteiger partial charge in [0.2, 0.25) is 5.91 Å². The van der Waals surface area contributed by atoms with E-state index in [1.54, 1.807) is 35.6 Å². The third-order valence-corrected chi connectivity index (χ3v) is 5.71. The van der Waals surface area contributed by atoms with Gasteiger partial charge in [0.1, 0.15) is 17.8 Å². The summed E-state index contributed by atoms with van der Waals surface area (Å²) < 4.78 is 5.41. The highest BCUT2D eigenvalue weighted by Gasteiger charge is 2.27. The summed E-state index contributed by atoms with van der Waals surface area (Å²) in [4.78, 5) is 27.9. The number of amides is 2. The van der Waals surface area contributed by atoms with Crippen molar-refractivity contribution >= 4 is 23.2 Å². The highest BCUT2D eigenvalue weighted by Crippen LogP contribution is 2.16. The first-order valence-electron chi connectivity index (χ1n) is 9.98. The van der Waals surface area contributed by atoms with Crippen LogP contribution in [0.25, 0.3) is 0 Å². The van der Waals surface area contributed by atoms with Gasteiger partial charge in [0.05, 0.1) is 32.1 Å². The number of rotatable bonds is 10. The minimum Gasteiger partial charge on any atom is -0.494 e. The summed E-state index contributed by atoms with van der Waals surface area (Å²) in [6.07, 6.45) is 0. The highest BCUT2D eigenvalue weighted by molar-refractivity contribution is 7.10. The zero-order valence-electron chi connectivity index (χ0n) is 17.8. The van der Waals surface area contributed by atoms with Crippen molar-refractivity contribution in [2.75, 3.05) is 27.2 Å². The molecule has 7 heteroatoms. The lowest BCUT2D eigenvalue weighted by Gasteiger charge is -2.25. The van der Waals surface area contributed by atoms with Gasteiger partial charge in [-0.3, -0.25) is 9.59 Å². The van der Waals surface area contributed by atoms with Crippen LogP contribution < -0.4 is 20.3 Å². The smallest absolute Gasteiger partial charge is 0.251 e. The molecule has 2 aromatic rings. The summed E-state index contributed by atoms with van der Waals surface area (Å²) in [6.45, 7) is 6.85. The van der Waals surface area contributed by atoms with Crippen molar-refractivity contribution in [3.8, 4) is 5.75 Å². The summed E-state index contributed by atoms with van der Waals surface area (Å²) in [5.74, 6) is 0.249. The van der Waals surface area contributed by atoms with Crippen LogP contribution in [0.1, 0.15) is 42.0 Å². The van der Waals surface area contributed by atoms with Gasteiger partial charge in [-0.2, -0.15) is 0 Å². The second kappa shape index (κ2) is 11.0. The Morgan fingerprint density at radius 1 is 1.14 bits per heavy atom. The van der Waals surface area contributed by atoms with E-state index >= 15 is 0 Å². The first-order valence-corrected chi connectivity index (χ1v) is 10.9. The van der Waals surface area contributed by atoms with Crippen LogP contribution in [0.2, 0.25) is 0 Å². The Bertz CT molecular complexity index is 773. The molecule has 6 nitrogen and oxygen atoms in total. The van der Waals surface area contributed by atoms with Crippen LogP contribution in [0.4, 0.5) is 0 Å². The number of quaternary nitrogens is 1. The number of carbonyl (C=O) groups excluding carboxylic acids is 2. The van der Waals surface area contributed by atoms with Crippen LogP contribution >= 0.6 is 11.3 Å². The number of thiophene rings is 1. The van der Waals surface area contributed by atoms with Crippen LogP contribution in [-0.2, 0) is 4.79 Å². The predicted octanol–water partition coefficient (Wildman–Crippen LogP) is 1.90. The Kier molecular flexibility index (Phi) is 8.67. The lowest BCUT2D eigenvalue weighted by molar-refractivity contribution is -0.890. The normalized spacial score (nSPS) is 13.2. The molecule has 0 aliphatic rings. The van der Waals surface area contributed by atoms with Gasteiger partial charge in [0, 0.05) is 5.56 Å². The Morgan fingerprint density at radius 3 is 2.34 bits per heavy atom. The number of hydrogen-bond acceptors (Lipinski definition) is 4. The molecule has 0 radical (unpaired) electrons. The molecule has 1 aromatic heterocycles. The molecule has 2 atom stereocenters. The van der Waals surface area contributed by atoms with E-state index in [0.29, 0.717) is 24.5 Å². The summed E-state index contributed by atoms with van der Waals surface area (Å²) in [7, 11) is 4.15. The van der Waals surface area contributed by atoms with Gasteiger partial charge >= 0.3 is 0 Å². The highest BCUT2D eigenvalue weighted by atomic mass is 32.1. The maximum Gasteiger partial charge on any atom is 0.251 e. The Hall–Kier alpha value is -2.38. The molecule has 0 fully saturated rings. The zero-order chi connectivity index (χ0) is 21.4. The fraction of sp³-hybridized carbons (Fsp3) is 0.455. The number of likely N-dealkylation sites (N-methyl/N-ethyl adjacent to an activating group) is 1. The average Bonchev–Trinajstić information content (AvgIpc) is 3.20. The second-order valence-electron chi connectivity index (χ2n) is 7.54. The van der Waals surface area contributed by atoms with E-state index in [9.17, 15) is 9.59 Å². The molecule has 29 heavy (non-hydrogen) atoms. The molecule has 0 aliphatic carbocycles. The van der Waals surface area contributed by atoms with Crippen molar-refractivity contribution in [3.63, 3.8) is 0 Å². The van der Waals surface area contributed by atoms with Gasteiger partial charge < -0.3 is 20.3 Å². The van der Waals surface area contributed by atoms with Crippen LogP contribution in [0, 0.1) is 5.92 Å². The van der Waals surface area contributed by atoms with Crippen LogP contribution in [0.5, 0.6) is 5.75 Å². The summed E-state index contributed by atoms with van der Waals surface area (Å²) in [5, 5.41) is 7.95. The van der Waals surface area contributed by atoms with Crippen LogP contribution in [-0.4, -0.2) is 45.1 Å². The maximum atomic E-state index is 12.8. The van der Waals surface area contributed by atoms with Crippen molar-refractivity contribution < 1.29 is 19.2 Å². The Morgan fingerprint density at radius 2 is 1.83 bits per heavy atom. The lowest BCUT2D eigenvalue weighted by atomic mass is 10.0. The Labute approximate surface area is 177 Å². The molecule has 1 aromatic carbocycles. The molecule has 0 bridgehead atoms. The molecular weight excluding hydrogens is 386 g/mol. The Balaban J connectivity index is 2.00.